The fourth-order valence-corrected chi connectivity index (χ4v) is 2.38. The second-order valence-corrected chi connectivity index (χ2v) is 5.14. The average Bonchev–Trinajstić information content (AvgIpc) is 2.80. The topological polar surface area (TPSA) is 42.7 Å². The highest BCUT2D eigenvalue weighted by Crippen LogP contribution is 2.22. The molecule has 0 aliphatic carbocycles. The summed E-state index contributed by atoms with van der Waals surface area (Å²) in [5.74, 6) is 0.321. The van der Waals surface area contributed by atoms with Crippen LogP contribution in [0.1, 0.15) is 16.1 Å². The Morgan fingerprint density at radius 2 is 2.21 bits per heavy atom. The van der Waals surface area contributed by atoms with Crippen molar-refractivity contribution in [3.05, 3.63) is 35.6 Å². The Morgan fingerprint density at radius 3 is 3.00 bits per heavy atom. The van der Waals surface area contributed by atoms with Gasteiger partial charge in [-0.3, -0.25) is 4.79 Å². The van der Waals surface area contributed by atoms with Crippen molar-refractivity contribution >= 4 is 16.8 Å². The third-order valence-electron chi connectivity index (χ3n) is 3.48. The van der Waals surface area contributed by atoms with Crippen LogP contribution in [-0.2, 0) is 4.74 Å². The van der Waals surface area contributed by atoms with Gasteiger partial charge in [-0.2, -0.15) is 0 Å². The molecular formula is C15H17NO3. The molecule has 0 bridgehead atoms. The number of benzene rings is 1. The van der Waals surface area contributed by atoms with E-state index in [0.29, 0.717) is 18.9 Å². The zero-order valence-corrected chi connectivity index (χ0v) is 11.2. The third-order valence-corrected chi connectivity index (χ3v) is 3.48. The van der Waals surface area contributed by atoms with Gasteiger partial charge >= 0.3 is 0 Å². The van der Waals surface area contributed by atoms with Crippen molar-refractivity contribution in [1.29, 1.82) is 0 Å². The van der Waals surface area contributed by atoms with Crippen molar-refractivity contribution in [2.45, 2.75) is 13.0 Å². The van der Waals surface area contributed by atoms with E-state index in [2.05, 4.69) is 4.90 Å². The molecule has 4 nitrogen and oxygen atoms in total. The van der Waals surface area contributed by atoms with Gasteiger partial charge in [0, 0.05) is 18.5 Å². The molecule has 1 aromatic heterocycles. The largest absolute Gasteiger partial charge is 0.453 e. The predicted octanol–water partition coefficient (Wildman–Crippen LogP) is 2.25. The second kappa shape index (κ2) is 4.79. The number of likely N-dealkylation sites (N-methyl/N-ethyl adjacent to an activating group) is 1. The second-order valence-electron chi connectivity index (χ2n) is 5.14. The summed E-state index contributed by atoms with van der Waals surface area (Å²) in [6.07, 6.45) is -0.416. The van der Waals surface area contributed by atoms with E-state index < -0.39 is 6.10 Å². The van der Waals surface area contributed by atoms with Crippen LogP contribution in [0.4, 0.5) is 0 Å². The number of rotatable bonds is 2. The normalized spacial score (nSPS) is 20.8. The van der Waals surface area contributed by atoms with Crippen molar-refractivity contribution < 1.29 is 13.9 Å². The SMILES string of the molecule is Cc1ccc2oc(C(=O)C3CN(C)CCO3)cc2c1. The first-order chi connectivity index (χ1) is 9.13. The first-order valence-corrected chi connectivity index (χ1v) is 6.48. The first-order valence-electron chi connectivity index (χ1n) is 6.48. The minimum absolute atomic E-state index is 0.0691. The quantitative estimate of drug-likeness (QED) is 0.776. The lowest BCUT2D eigenvalue weighted by Crippen LogP contribution is -2.44. The number of carbonyl (C=O) groups excluding carboxylic acids is 1. The van der Waals surface area contributed by atoms with Crippen LogP contribution < -0.4 is 0 Å². The Morgan fingerprint density at radius 1 is 1.37 bits per heavy atom. The molecule has 0 N–H and O–H groups in total. The lowest BCUT2D eigenvalue weighted by atomic mass is 10.1. The van der Waals surface area contributed by atoms with Gasteiger partial charge in [0.2, 0.25) is 5.78 Å². The first kappa shape index (κ1) is 12.4. The number of carbonyl (C=O) groups is 1. The fourth-order valence-electron chi connectivity index (χ4n) is 2.38. The third kappa shape index (κ3) is 2.41. The highest BCUT2D eigenvalue weighted by molar-refractivity contribution is 6.00. The van der Waals surface area contributed by atoms with Gasteiger partial charge in [-0.15, -0.1) is 0 Å². The number of aryl methyl sites for hydroxylation is 1. The summed E-state index contributed by atoms with van der Waals surface area (Å²) in [7, 11) is 1.99. The van der Waals surface area contributed by atoms with Crippen LogP contribution in [-0.4, -0.2) is 43.5 Å². The highest BCUT2D eigenvalue weighted by Gasteiger charge is 2.28. The summed E-state index contributed by atoms with van der Waals surface area (Å²) in [6.45, 7) is 4.09. The minimum Gasteiger partial charge on any atom is -0.453 e. The van der Waals surface area contributed by atoms with E-state index in [1.54, 1.807) is 0 Å². The van der Waals surface area contributed by atoms with Crippen molar-refractivity contribution in [2.24, 2.45) is 0 Å². The number of ether oxygens (including phenoxy) is 1. The van der Waals surface area contributed by atoms with Crippen LogP contribution in [0.15, 0.2) is 28.7 Å². The maximum Gasteiger partial charge on any atom is 0.227 e. The summed E-state index contributed by atoms with van der Waals surface area (Å²) >= 11 is 0. The van der Waals surface area contributed by atoms with Gasteiger partial charge in [-0.25, -0.2) is 0 Å². The van der Waals surface area contributed by atoms with Gasteiger partial charge in [-0.05, 0) is 32.2 Å². The fraction of sp³-hybridized carbons (Fsp3) is 0.400. The summed E-state index contributed by atoms with van der Waals surface area (Å²) < 4.78 is 11.2. The predicted molar refractivity (Wildman–Crippen MR) is 72.5 cm³/mol. The van der Waals surface area contributed by atoms with Crippen molar-refractivity contribution in [1.82, 2.24) is 4.90 Å². The number of hydrogen-bond donors (Lipinski definition) is 0. The Kier molecular flexibility index (Phi) is 3.12. The van der Waals surface area contributed by atoms with E-state index in [4.69, 9.17) is 9.15 Å². The zero-order valence-electron chi connectivity index (χ0n) is 11.2. The standard InChI is InChI=1S/C15H17NO3/c1-10-3-4-12-11(7-10)8-13(19-12)15(17)14-9-16(2)5-6-18-14/h3-4,7-8,14H,5-6,9H2,1-2H3. The van der Waals surface area contributed by atoms with Crippen LogP contribution >= 0.6 is 0 Å². The molecule has 1 aliphatic heterocycles. The van der Waals surface area contributed by atoms with Gasteiger partial charge in [-0.1, -0.05) is 11.6 Å². The van der Waals surface area contributed by atoms with E-state index in [1.807, 2.05) is 38.2 Å². The number of furan rings is 1. The van der Waals surface area contributed by atoms with Gasteiger partial charge in [0.1, 0.15) is 11.7 Å². The average molecular weight is 259 g/mol. The molecule has 1 aliphatic rings. The summed E-state index contributed by atoms with van der Waals surface area (Å²) in [4.78, 5) is 14.5. The van der Waals surface area contributed by atoms with E-state index in [0.717, 1.165) is 23.1 Å². The Balaban J connectivity index is 1.88. The number of hydrogen-bond acceptors (Lipinski definition) is 4. The molecule has 3 rings (SSSR count). The number of fused-ring (bicyclic) bond motifs is 1. The number of Topliss-reactive ketones (excluding diaryl/α,β-unsaturated/α-hetero) is 1. The molecule has 1 atom stereocenters. The molecule has 2 aromatic rings. The molecule has 0 radical (unpaired) electrons. The molecule has 4 heteroatoms. The maximum absolute atomic E-state index is 12.4. The molecule has 0 spiro atoms. The Labute approximate surface area is 111 Å². The molecule has 19 heavy (non-hydrogen) atoms. The van der Waals surface area contributed by atoms with Crippen LogP contribution in [0.5, 0.6) is 0 Å². The molecule has 0 amide bonds. The highest BCUT2D eigenvalue weighted by atomic mass is 16.5. The number of ketones is 1. The molecular weight excluding hydrogens is 242 g/mol. The van der Waals surface area contributed by atoms with Crippen molar-refractivity contribution in [2.75, 3.05) is 26.7 Å². The molecule has 1 fully saturated rings. The Bertz CT molecular complexity index is 617. The van der Waals surface area contributed by atoms with Crippen molar-refractivity contribution in [3.63, 3.8) is 0 Å². The van der Waals surface area contributed by atoms with Gasteiger partial charge in [0.05, 0.1) is 6.61 Å². The van der Waals surface area contributed by atoms with E-state index in [1.165, 1.54) is 0 Å². The van der Waals surface area contributed by atoms with Crippen LogP contribution in [0, 0.1) is 6.92 Å². The van der Waals surface area contributed by atoms with E-state index >= 15 is 0 Å². The van der Waals surface area contributed by atoms with Crippen LogP contribution in [0.2, 0.25) is 0 Å². The lowest BCUT2D eigenvalue weighted by molar-refractivity contribution is -0.00987. The summed E-state index contributed by atoms with van der Waals surface area (Å²) in [5.41, 5.74) is 1.90. The smallest absolute Gasteiger partial charge is 0.227 e. The molecule has 1 aromatic carbocycles. The number of morpholine rings is 1. The Hall–Kier alpha value is -1.65. The molecule has 2 heterocycles. The lowest BCUT2D eigenvalue weighted by Gasteiger charge is -2.28. The van der Waals surface area contributed by atoms with Gasteiger partial charge < -0.3 is 14.1 Å². The number of nitrogens with zero attached hydrogens (tertiary/aromatic N) is 1. The molecule has 0 saturated carbocycles. The van der Waals surface area contributed by atoms with E-state index in [-0.39, 0.29) is 5.78 Å². The van der Waals surface area contributed by atoms with Crippen LogP contribution in [0.25, 0.3) is 11.0 Å². The van der Waals surface area contributed by atoms with E-state index in [9.17, 15) is 4.79 Å². The summed E-state index contributed by atoms with van der Waals surface area (Å²) in [6, 6.07) is 7.70. The van der Waals surface area contributed by atoms with Gasteiger partial charge in [0.15, 0.2) is 5.76 Å². The molecule has 100 valence electrons. The molecule has 1 saturated heterocycles. The minimum atomic E-state index is -0.416. The van der Waals surface area contributed by atoms with Crippen LogP contribution in [0.3, 0.4) is 0 Å². The monoisotopic (exact) mass is 259 g/mol. The molecule has 1 unspecified atom stereocenters. The van der Waals surface area contributed by atoms with Gasteiger partial charge in [0.25, 0.3) is 0 Å². The zero-order chi connectivity index (χ0) is 13.4. The summed E-state index contributed by atoms with van der Waals surface area (Å²) in [5, 5.41) is 0.965. The van der Waals surface area contributed by atoms with Crippen molar-refractivity contribution in [3.8, 4) is 0 Å². The maximum atomic E-state index is 12.4.